The number of rotatable bonds is 18. The molecule has 0 radical (unpaired) electrons. The molecule has 0 rings (SSSR count). The number of aliphatic hydroxyl groups is 2. The minimum absolute atomic E-state index is 0.0208. The number of unbranched alkanes of at least 4 members (excludes halogenated alkanes) is 1. The summed E-state index contributed by atoms with van der Waals surface area (Å²) >= 11 is 0. The first-order valence-corrected chi connectivity index (χ1v) is 16.1. The summed E-state index contributed by atoms with van der Waals surface area (Å²) in [6, 6.07) is -5.73. The lowest BCUT2D eigenvalue weighted by atomic mass is 10.1. The van der Waals surface area contributed by atoms with Crippen LogP contribution in [0.4, 0.5) is 0 Å². The maximum Gasteiger partial charge on any atom is 0.333 e. The van der Waals surface area contributed by atoms with Crippen molar-refractivity contribution in [2.75, 3.05) is 6.54 Å². The Labute approximate surface area is 303 Å². The summed E-state index contributed by atoms with van der Waals surface area (Å²) in [5.41, 5.74) is 41.2. The smallest absolute Gasteiger partial charge is 0.333 e. The van der Waals surface area contributed by atoms with Gasteiger partial charge in [0, 0.05) is 6.42 Å². The maximum absolute atomic E-state index is 11.2. The molecule has 52 heavy (non-hydrogen) atoms. The van der Waals surface area contributed by atoms with Crippen molar-refractivity contribution in [1.82, 2.24) is 0 Å². The molecular weight excluding hydrogens is 696 g/mol. The highest BCUT2D eigenvalue weighted by atomic mass is 16.6. The van der Waals surface area contributed by atoms with Crippen molar-refractivity contribution < 1.29 is 68.9 Å². The van der Waals surface area contributed by atoms with Crippen LogP contribution in [0.2, 0.25) is 0 Å². The van der Waals surface area contributed by atoms with Gasteiger partial charge in [0.05, 0.1) is 12.2 Å². The number of carboxylic acid groups (broad SMARTS) is 4. The number of hydrogen-bond donors (Lipinski definition) is 14. The van der Waals surface area contributed by atoms with E-state index in [2.05, 4.69) is 4.74 Å². The molecule has 0 spiro atoms. The fourth-order valence-electron chi connectivity index (χ4n) is 2.59. The van der Waals surface area contributed by atoms with Crippen molar-refractivity contribution in [3.05, 3.63) is 0 Å². The highest BCUT2D eigenvalue weighted by molar-refractivity contribution is 5.91. The second-order valence-electron chi connectivity index (χ2n) is 12.1. The van der Waals surface area contributed by atoms with Crippen LogP contribution in [-0.4, -0.2) is 127 Å². The van der Waals surface area contributed by atoms with Crippen molar-refractivity contribution in [3.63, 3.8) is 0 Å². The number of aliphatic hydroxyl groups excluding tert-OH is 2. The van der Waals surface area contributed by atoms with Gasteiger partial charge in [0.2, 0.25) is 5.91 Å². The second-order valence-corrected chi connectivity index (χ2v) is 12.1. The second kappa shape index (κ2) is 33.0. The van der Waals surface area contributed by atoms with Gasteiger partial charge in [-0.05, 0) is 57.9 Å². The lowest BCUT2D eigenvalue weighted by Gasteiger charge is -2.14. The van der Waals surface area contributed by atoms with Crippen LogP contribution in [0.15, 0.2) is 0 Å². The SMILES string of the molecule is CC(C)C[C@H](N)C(=O)O.CC(C)[C@H](N)C(=O)O.C[C@@H](O)[C@H](N)C(=O)O.C[C@@H](O)[C@H](N)C(=O)OC(=O)[C@@H](N)CCC(N)=O.NCCCC[C@H](N)C(=O)O. The number of amides is 1. The molecule has 308 valence electrons. The molecule has 0 saturated carbocycles. The third kappa shape index (κ3) is 37.4. The molecule has 22 heteroatoms. The molecule has 0 aliphatic carbocycles. The zero-order valence-electron chi connectivity index (χ0n) is 30.8. The minimum atomic E-state index is -1.32. The van der Waals surface area contributed by atoms with Crippen molar-refractivity contribution in [2.24, 2.45) is 57.7 Å². The van der Waals surface area contributed by atoms with Gasteiger partial charge in [0.15, 0.2) is 0 Å². The van der Waals surface area contributed by atoms with E-state index in [0.717, 1.165) is 12.8 Å². The summed E-state index contributed by atoms with van der Waals surface area (Å²) in [7, 11) is 0. The van der Waals surface area contributed by atoms with E-state index >= 15 is 0 Å². The van der Waals surface area contributed by atoms with Crippen LogP contribution in [0.3, 0.4) is 0 Å². The third-order valence-electron chi connectivity index (χ3n) is 6.13. The van der Waals surface area contributed by atoms with Gasteiger partial charge >= 0.3 is 35.8 Å². The van der Waals surface area contributed by atoms with Gasteiger partial charge in [-0.3, -0.25) is 24.0 Å². The average molecular weight is 761 g/mol. The Morgan fingerprint density at radius 3 is 1.21 bits per heavy atom. The standard InChI is InChI=1S/C9H17N3O5.C6H14N2O2.C6H13NO2.C5H11NO2.C4H9NO3/c1-4(13)7(12)9(16)17-8(15)5(10)2-3-6(11)14;7-4-2-1-3-5(8)6(9)10;1-4(2)3-5(7)6(8)9;1-3(2)4(6)5(7)8;1-2(6)3(5)4(7)8/h4-5,7,13H,2-3,10,12H2,1H3,(H2,11,14);5H,1-4,7-8H2,(H,9,10);4-5H,3,7H2,1-2H3,(H,8,9);3-4H,6H2,1-2H3,(H,7,8);2-3,6H,5H2,1H3,(H,7,8)/t4-,5+,7+;2*5-;4-;2-,3+/m10001/s1. The highest BCUT2D eigenvalue weighted by Gasteiger charge is 2.26. The number of primary amides is 1. The molecule has 0 saturated heterocycles. The van der Waals surface area contributed by atoms with Crippen LogP contribution in [0.1, 0.15) is 80.1 Å². The molecule has 1 amide bonds. The first kappa shape index (κ1) is 57.5. The quantitative estimate of drug-likeness (QED) is 0.0361. The van der Waals surface area contributed by atoms with Crippen molar-refractivity contribution in [2.45, 2.75) is 129 Å². The molecule has 0 unspecified atom stereocenters. The summed E-state index contributed by atoms with van der Waals surface area (Å²) in [6.45, 7) is 10.7. The Kier molecular flexibility index (Phi) is 36.5. The van der Waals surface area contributed by atoms with Crippen molar-refractivity contribution in [3.8, 4) is 0 Å². The maximum atomic E-state index is 11.2. The predicted octanol–water partition coefficient (Wildman–Crippen LogP) is -3.84. The number of carbonyl (C=O) groups excluding carboxylic acids is 3. The van der Waals surface area contributed by atoms with E-state index in [4.69, 9.17) is 76.5 Å². The summed E-state index contributed by atoms with van der Waals surface area (Å²) in [5, 5.41) is 50.4. The van der Waals surface area contributed by atoms with E-state index in [9.17, 15) is 33.6 Å². The highest BCUT2D eigenvalue weighted by Crippen LogP contribution is 2.02. The molecule has 0 bridgehead atoms. The van der Waals surface area contributed by atoms with Gasteiger partial charge in [-0.15, -0.1) is 0 Å². The number of esters is 2. The summed E-state index contributed by atoms with van der Waals surface area (Å²) in [5.74, 6) is -6.27. The Morgan fingerprint density at radius 2 is 0.981 bits per heavy atom. The van der Waals surface area contributed by atoms with Gasteiger partial charge in [-0.2, -0.15) is 0 Å². The van der Waals surface area contributed by atoms with Gasteiger partial charge in [-0.1, -0.05) is 34.1 Å². The number of ether oxygens (including phenoxy) is 1. The van der Waals surface area contributed by atoms with E-state index in [1.807, 2.05) is 13.8 Å². The third-order valence-corrected chi connectivity index (χ3v) is 6.13. The number of carboxylic acids is 4. The Hall–Kier alpha value is -3.87. The number of aliphatic carboxylic acids is 4. The fourth-order valence-corrected chi connectivity index (χ4v) is 2.59. The van der Waals surface area contributed by atoms with Crippen molar-refractivity contribution >= 4 is 41.7 Å². The monoisotopic (exact) mass is 760 g/mol. The Balaban J connectivity index is -0.000000184. The average Bonchev–Trinajstić information content (AvgIpc) is 3.02. The van der Waals surface area contributed by atoms with Crippen molar-refractivity contribution in [1.29, 1.82) is 0 Å². The normalized spacial score (nSPS) is 14.9. The van der Waals surface area contributed by atoms with Crippen LogP contribution >= 0.6 is 0 Å². The number of nitrogens with two attached hydrogens (primary N) is 8. The molecule has 0 aromatic rings. The van der Waals surface area contributed by atoms with Gasteiger partial charge in [-0.25, -0.2) is 9.59 Å². The van der Waals surface area contributed by atoms with Gasteiger partial charge < -0.3 is 81.2 Å². The zero-order valence-corrected chi connectivity index (χ0v) is 30.8. The largest absolute Gasteiger partial charge is 0.480 e. The predicted molar refractivity (Wildman–Crippen MR) is 188 cm³/mol. The summed E-state index contributed by atoms with van der Waals surface area (Å²) < 4.78 is 4.33. The molecule has 0 fully saturated rings. The van der Waals surface area contributed by atoms with Crippen LogP contribution in [0.5, 0.6) is 0 Å². The molecule has 0 heterocycles. The lowest BCUT2D eigenvalue weighted by Crippen LogP contribution is -2.44. The molecule has 8 atom stereocenters. The first-order chi connectivity index (χ1) is 23.6. The van der Waals surface area contributed by atoms with Crippen LogP contribution < -0.4 is 45.9 Å². The molecular formula is C30H64N8O14. The summed E-state index contributed by atoms with van der Waals surface area (Å²) in [6.07, 6.45) is 0.482. The van der Waals surface area contributed by atoms with E-state index in [1.54, 1.807) is 13.8 Å². The summed E-state index contributed by atoms with van der Waals surface area (Å²) in [4.78, 5) is 73.0. The topological polar surface area (TPSA) is 458 Å². The van der Waals surface area contributed by atoms with Crippen LogP contribution in [0, 0.1) is 11.8 Å². The molecule has 22 N–H and O–H groups in total. The molecule has 0 aliphatic rings. The van der Waals surface area contributed by atoms with E-state index in [1.165, 1.54) is 13.8 Å². The number of carbonyl (C=O) groups is 7. The molecule has 0 aromatic carbocycles. The van der Waals surface area contributed by atoms with Crippen LogP contribution in [0.25, 0.3) is 0 Å². The van der Waals surface area contributed by atoms with Gasteiger partial charge in [0.25, 0.3) is 0 Å². The van der Waals surface area contributed by atoms with Gasteiger partial charge in [0.1, 0.15) is 36.3 Å². The van der Waals surface area contributed by atoms with E-state index < -0.39 is 90.2 Å². The van der Waals surface area contributed by atoms with E-state index in [0.29, 0.717) is 25.3 Å². The molecule has 0 aromatic heterocycles. The van der Waals surface area contributed by atoms with Crippen LogP contribution in [-0.2, 0) is 38.3 Å². The molecule has 22 nitrogen and oxygen atoms in total. The number of hydrogen-bond acceptors (Lipinski definition) is 17. The first-order valence-electron chi connectivity index (χ1n) is 16.1. The van der Waals surface area contributed by atoms with E-state index in [-0.39, 0.29) is 18.8 Å². The Bertz CT molecular complexity index is 1020. The lowest BCUT2D eigenvalue weighted by molar-refractivity contribution is -0.163. The zero-order chi connectivity index (χ0) is 42.5. The molecule has 0 aliphatic heterocycles. The minimum Gasteiger partial charge on any atom is -0.480 e. The fraction of sp³-hybridized carbons (Fsp3) is 0.767. The Morgan fingerprint density at radius 1 is 0.558 bits per heavy atom.